The Morgan fingerprint density at radius 1 is 1.29 bits per heavy atom. The molecule has 0 aliphatic rings. The fourth-order valence-electron chi connectivity index (χ4n) is 0.990. The standard InChI is InChI=1S/C9H19N3O2/c1-5-12(9(14)10-3)7-6-11(4)8(2)13/h5-7H2,1-4H3,(H,10,14). The fraction of sp³-hybridized carbons (Fsp3) is 0.778. The van der Waals surface area contributed by atoms with Crippen LogP contribution in [0.1, 0.15) is 13.8 Å². The van der Waals surface area contributed by atoms with Gasteiger partial charge in [-0.3, -0.25) is 4.79 Å². The third-order valence-electron chi connectivity index (χ3n) is 2.13. The Hall–Kier alpha value is -1.26. The van der Waals surface area contributed by atoms with E-state index in [1.165, 1.54) is 6.92 Å². The second kappa shape index (κ2) is 6.23. The lowest BCUT2D eigenvalue weighted by atomic mass is 10.4. The molecule has 0 aliphatic carbocycles. The van der Waals surface area contributed by atoms with E-state index in [1.807, 2.05) is 6.92 Å². The summed E-state index contributed by atoms with van der Waals surface area (Å²) in [7, 11) is 3.32. The first-order chi connectivity index (χ1) is 6.52. The van der Waals surface area contributed by atoms with E-state index in [0.717, 1.165) is 0 Å². The normalized spacial score (nSPS) is 9.43. The van der Waals surface area contributed by atoms with Crippen molar-refractivity contribution in [3.05, 3.63) is 0 Å². The first kappa shape index (κ1) is 12.7. The van der Waals surface area contributed by atoms with Gasteiger partial charge in [0, 0.05) is 40.7 Å². The van der Waals surface area contributed by atoms with E-state index in [1.54, 1.807) is 23.9 Å². The van der Waals surface area contributed by atoms with Crippen LogP contribution >= 0.6 is 0 Å². The van der Waals surface area contributed by atoms with E-state index in [0.29, 0.717) is 19.6 Å². The largest absolute Gasteiger partial charge is 0.344 e. The number of carbonyl (C=O) groups excluding carboxylic acids is 2. The number of rotatable bonds is 4. The minimum Gasteiger partial charge on any atom is -0.344 e. The van der Waals surface area contributed by atoms with Gasteiger partial charge < -0.3 is 15.1 Å². The van der Waals surface area contributed by atoms with Crippen LogP contribution in [0.2, 0.25) is 0 Å². The van der Waals surface area contributed by atoms with Crippen molar-refractivity contribution in [3.8, 4) is 0 Å². The molecule has 0 aromatic carbocycles. The summed E-state index contributed by atoms with van der Waals surface area (Å²) < 4.78 is 0. The smallest absolute Gasteiger partial charge is 0.317 e. The quantitative estimate of drug-likeness (QED) is 0.702. The topological polar surface area (TPSA) is 52.7 Å². The fourth-order valence-corrected chi connectivity index (χ4v) is 0.990. The van der Waals surface area contributed by atoms with E-state index in [-0.39, 0.29) is 11.9 Å². The van der Waals surface area contributed by atoms with Crippen molar-refractivity contribution in [2.45, 2.75) is 13.8 Å². The predicted octanol–water partition coefficient (Wildman–Crippen LogP) is 0.126. The van der Waals surface area contributed by atoms with Crippen molar-refractivity contribution in [1.29, 1.82) is 0 Å². The second-order valence-corrected chi connectivity index (χ2v) is 3.08. The van der Waals surface area contributed by atoms with E-state index < -0.39 is 0 Å². The Balaban J connectivity index is 3.95. The van der Waals surface area contributed by atoms with Gasteiger partial charge in [0.05, 0.1) is 0 Å². The molecule has 5 heteroatoms. The zero-order chi connectivity index (χ0) is 11.1. The molecule has 0 aliphatic heterocycles. The van der Waals surface area contributed by atoms with Crippen molar-refractivity contribution < 1.29 is 9.59 Å². The van der Waals surface area contributed by atoms with Crippen LogP contribution in [0.4, 0.5) is 4.79 Å². The predicted molar refractivity (Wildman–Crippen MR) is 55.0 cm³/mol. The number of hydrogen-bond donors (Lipinski definition) is 1. The summed E-state index contributed by atoms with van der Waals surface area (Å²) in [6.07, 6.45) is 0. The summed E-state index contributed by atoms with van der Waals surface area (Å²) in [5.74, 6) is 0.0120. The van der Waals surface area contributed by atoms with Crippen LogP contribution in [0, 0.1) is 0 Å². The number of nitrogens with one attached hydrogen (secondary N) is 1. The average molecular weight is 201 g/mol. The van der Waals surface area contributed by atoms with Gasteiger partial charge in [0.15, 0.2) is 0 Å². The molecule has 0 saturated carbocycles. The summed E-state index contributed by atoms with van der Waals surface area (Å²) in [4.78, 5) is 25.4. The summed E-state index contributed by atoms with van der Waals surface area (Å²) in [6, 6.07) is -0.107. The van der Waals surface area contributed by atoms with E-state index in [2.05, 4.69) is 5.32 Å². The number of urea groups is 1. The van der Waals surface area contributed by atoms with Gasteiger partial charge in [0.25, 0.3) is 0 Å². The van der Waals surface area contributed by atoms with Crippen LogP contribution in [-0.4, -0.2) is 55.5 Å². The van der Waals surface area contributed by atoms with Crippen molar-refractivity contribution in [2.75, 3.05) is 33.7 Å². The minimum absolute atomic E-state index is 0.0120. The molecule has 0 heterocycles. The van der Waals surface area contributed by atoms with Crippen LogP contribution in [0.25, 0.3) is 0 Å². The molecule has 0 aromatic rings. The van der Waals surface area contributed by atoms with Gasteiger partial charge in [-0.2, -0.15) is 0 Å². The molecule has 5 nitrogen and oxygen atoms in total. The van der Waals surface area contributed by atoms with E-state index in [9.17, 15) is 9.59 Å². The second-order valence-electron chi connectivity index (χ2n) is 3.08. The molecule has 0 atom stereocenters. The maximum Gasteiger partial charge on any atom is 0.317 e. The average Bonchev–Trinajstić information content (AvgIpc) is 2.17. The Labute approximate surface area is 85.1 Å². The highest BCUT2D eigenvalue weighted by atomic mass is 16.2. The highest BCUT2D eigenvalue weighted by molar-refractivity contribution is 5.74. The summed E-state index contributed by atoms with van der Waals surface area (Å²) >= 11 is 0. The van der Waals surface area contributed by atoms with Gasteiger partial charge >= 0.3 is 6.03 Å². The zero-order valence-corrected chi connectivity index (χ0v) is 9.33. The molecule has 0 unspecified atom stereocenters. The molecule has 0 fully saturated rings. The highest BCUT2D eigenvalue weighted by Crippen LogP contribution is 1.91. The summed E-state index contributed by atoms with van der Waals surface area (Å²) in [6.45, 7) is 5.19. The Morgan fingerprint density at radius 3 is 2.21 bits per heavy atom. The SMILES string of the molecule is CCN(CCN(C)C(C)=O)C(=O)NC. The lowest BCUT2D eigenvalue weighted by Gasteiger charge is -2.23. The van der Waals surface area contributed by atoms with E-state index >= 15 is 0 Å². The van der Waals surface area contributed by atoms with Crippen LogP contribution < -0.4 is 5.32 Å². The first-order valence-electron chi connectivity index (χ1n) is 4.71. The Kier molecular flexibility index (Phi) is 5.67. The molecular weight excluding hydrogens is 182 g/mol. The number of hydrogen-bond acceptors (Lipinski definition) is 2. The Morgan fingerprint density at radius 2 is 1.86 bits per heavy atom. The van der Waals surface area contributed by atoms with Gasteiger partial charge in [0.2, 0.25) is 5.91 Å². The third-order valence-corrected chi connectivity index (χ3v) is 2.13. The van der Waals surface area contributed by atoms with Gasteiger partial charge in [-0.1, -0.05) is 0 Å². The molecule has 0 saturated heterocycles. The molecule has 0 radical (unpaired) electrons. The molecule has 82 valence electrons. The van der Waals surface area contributed by atoms with Crippen molar-refractivity contribution >= 4 is 11.9 Å². The summed E-state index contributed by atoms with van der Waals surface area (Å²) in [5, 5.41) is 2.55. The first-order valence-corrected chi connectivity index (χ1v) is 4.71. The molecular formula is C9H19N3O2. The van der Waals surface area contributed by atoms with Gasteiger partial charge in [-0.05, 0) is 6.92 Å². The van der Waals surface area contributed by atoms with Crippen molar-refractivity contribution in [3.63, 3.8) is 0 Å². The molecule has 14 heavy (non-hydrogen) atoms. The molecule has 0 aromatic heterocycles. The van der Waals surface area contributed by atoms with E-state index in [4.69, 9.17) is 0 Å². The highest BCUT2D eigenvalue weighted by Gasteiger charge is 2.10. The number of carbonyl (C=O) groups is 2. The maximum atomic E-state index is 11.2. The number of nitrogens with zero attached hydrogens (tertiary/aromatic N) is 2. The van der Waals surface area contributed by atoms with Crippen LogP contribution in [0.15, 0.2) is 0 Å². The lowest BCUT2D eigenvalue weighted by molar-refractivity contribution is -0.127. The Bertz CT molecular complexity index is 206. The number of likely N-dealkylation sites (N-methyl/N-ethyl adjacent to an activating group) is 2. The molecule has 1 N–H and O–H groups in total. The van der Waals surface area contributed by atoms with Crippen molar-refractivity contribution in [2.24, 2.45) is 0 Å². The maximum absolute atomic E-state index is 11.2. The van der Waals surface area contributed by atoms with Gasteiger partial charge in [-0.15, -0.1) is 0 Å². The molecule has 0 spiro atoms. The van der Waals surface area contributed by atoms with Gasteiger partial charge in [0.1, 0.15) is 0 Å². The zero-order valence-electron chi connectivity index (χ0n) is 9.33. The number of amides is 3. The third kappa shape index (κ3) is 4.11. The minimum atomic E-state index is -0.107. The molecule has 0 bridgehead atoms. The van der Waals surface area contributed by atoms with Crippen LogP contribution in [0.5, 0.6) is 0 Å². The lowest BCUT2D eigenvalue weighted by Crippen LogP contribution is -2.42. The van der Waals surface area contributed by atoms with Crippen LogP contribution in [-0.2, 0) is 4.79 Å². The van der Waals surface area contributed by atoms with Gasteiger partial charge in [-0.25, -0.2) is 4.79 Å². The van der Waals surface area contributed by atoms with Crippen LogP contribution in [0.3, 0.4) is 0 Å². The molecule has 0 rings (SSSR count). The molecule has 3 amide bonds. The summed E-state index contributed by atoms with van der Waals surface area (Å²) in [5.41, 5.74) is 0. The monoisotopic (exact) mass is 201 g/mol. The van der Waals surface area contributed by atoms with Crippen molar-refractivity contribution in [1.82, 2.24) is 15.1 Å².